The second-order valence-corrected chi connectivity index (χ2v) is 6.75. The Morgan fingerprint density at radius 2 is 1.96 bits per heavy atom. The molecule has 1 aliphatic heterocycles. The number of carbonyl (C=O) groups excluding carboxylic acids is 1. The summed E-state index contributed by atoms with van der Waals surface area (Å²) >= 11 is 0. The summed E-state index contributed by atoms with van der Waals surface area (Å²) in [5, 5.41) is 10.5. The number of hydrogen-bond acceptors (Lipinski definition) is 5. The van der Waals surface area contributed by atoms with Crippen molar-refractivity contribution in [3.8, 4) is 5.75 Å². The van der Waals surface area contributed by atoms with Crippen LogP contribution in [0, 0.1) is 0 Å². The van der Waals surface area contributed by atoms with Crippen molar-refractivity contribution in [2.45, 2.75) is 6.42 Å². The third kappa shape index (κ3) is 4.28. The summed E-state index contributed by atoms with van der Waals surface area (Å²) in [6.45, 7) is 0.243. The second-order valence-electron chi connectivity index (χ2n) is 5.16. The number of aliphatic hydroxyl groups excluding tert-OH is 1. The van der Waals surface area contributed by atoms with E-state index in [-0.39, 0.29) is 66.0 Å². The van der Waals surface area contributed by atoms with Crippen molar-refractivity contribution in [1.82, 2.24) is 4.72 Å². The molecule has 7 nitrogen and oxygen atoms in total. The fourth-order valence-corrected chi connectivity index (χ4v) is 3.53. The van der Waals surface area contributed by atoms with Crippen molar-refractivity contribution in [3.05, 3.63) is 36.4 Å². The van der Waals surface area contributed by atoms with Crippen LogP contribution in [0.15, 0.2) is 36.4 Å². The molecule has 1 amide bonds. The number of nitrogens with zero attached hydrogens (tertiary/aromatic N) is 1. The van der Waals surface area contributed by atoms with Crippen molar-refractivity contribution in [1.29, 1.82) is 0 Å². The maximum Gasteiger partial charge on any atom is 1.00 e. The summed E-state index contributed by atoms with van der Waals surface area (Å²) in [5.74, 6) is 0.0905. The zero-order valence-electron chi connectivity index (χ0n) is 14.2. The molecule has 0 atom stereocenters. The third-order valence-electron chi connectivity index (χ3n) is 3.47. The van der Waals surface area contributed by atoms with Gasteiger partial charge in [-0.1, -0.05) is 12.1 Å². The average Bonchev–Trinajstić information content (AvgIpc) is 2.79. The van der Waals surface area contributed by atoms with Crippen LogP contribution < -0.4 is 65.1 Å². The number of rotatable bonds is 5. The molecule has 9 heteroatoms. The van der Waals surface area contributed by atoms with E-state index in [0.717, 1.165) is 15.1 Å². The Hall–Kier alpha value is -0.684. The number of nitrogens with one attached hydrogen (secondary N) is 1. The first-order chi connectivity index (χ1) is 11.0. The number of aliphatic hydroxyl groups is 1. The quantitative estimate of drug-likeness (QED) is 0.460. The first-order valence-corrected chi connectivity index (χ1v) is 8.54. The molecule has 24 heavy (non-hydrogen) atoms. The van der Waals surface area contributed by atoms with E-state index in [1.54, 1.807) is 24.3 Å². The predicted molar refractivity (Wildman–Crippen MR) is 86.7 cm³/mol. The summed E-state index contributed by atoms with van der Waals surface area (Å²) in [6, 6.07) is 10.6. The van der Waals surface area contributed by atoms with Gasteiger partial charge in [-0.15, -0.1) is 0 Å². The van der Waals surface area contributed by atoms with Gasteiger partial charge in [0.15, 0.2) is 0 Å². The first kappa shape index (κ1) is 19.6. The molecule has 0 saturated carbocycles. The van der Waals surface area contributed by atoms with Gasteiger partial charge in [0, 0.05) is 13.0 Å². The van der Waals surface area contributed by atoms with Gasteiger partial charge in [0.1, 0.15) is 12.3 Å². The maximum atomic E-state index is 11.9. The van der Waals surface area contributed by atoms with Gasteiger partial charge in [-0.25, -0.2) is 9.03 Å². The summed E-state index contributed by atoms with van der Waals surface area (Å²) in [5.41, 5.74) is 0.420. The normalized spacial score (nSPS) is 15.9. The van der Waals surface area contributed by atoms with Gasteiger partial charge < -0.3 is 11.3 Å². The smallest absolute Gasteiger partial charge is 1.00 e. The number of anilines is 1. The second kappa shape index (κ2) is 8.13. The fourth-order valence-electron chi connectivity index (χ4n) is 2.39. The van der Waals surface area contributed by atoms with Gasteiger partial charge in [-0.2, -0.15) is 8.42 Å². The largest absolute Gasteiger partial charge is 1.00 e. The Morgan fingerprint density at radius 1 is 1.21 bits per heavy atom. The summed E-state index contributed by atoms with van der Waals surface area (Å²) in [6.07, 6.45) is 0.540. The van der Waals surface area contributed by atoms with Crippen LogP contribution in [0.3, 0.4) is 0 Å². The van der Waals surface area contributed by atoms with Crippen LogP contribution in [0.1, 0.15) is 7.85 Å². The molecule has 1 heterocycles. The maximum absolute atomic E-state index is 11.9. The van der Waals surface area contributed by atoms with Crippen LogP contribution in [0.2, 0.25) is 0 Å². The Bertz CT molecular complexity index is 862. The molecule has 1 saturated heterocycles. The monoisotopic (exact) mass is 376 g/mol. The predicted octanol–water partition coefficient (Wildman–Crippen LogP) is -2.10. The molecule has 1 fully saturated rings. The Kier molecular flexibility index (Phi) is 6.65. The van der Waals surface area contributed by atoms with Crippen LogP contribution in [-0.2, 0) is 15.0 Å². The summed E-state index contributed by atoms with van der Waals surface area (Å²) in [7, 11) is -3.81. The molecule has 0 unspecified atom stereocenters. The van der Waals surface area contributed by atoms with Crippen LogP contribution in [0.25, 0.3) is 10.8 Å². The molecule has 0 aliphatic carbocycles. The minimum absolute atomic E-state index is 0. The number of hydrogen-bond donors (Lipinski definition) is 2. The number of amides is 1. The van der Waals surface area contributed by atoms with Gasteiger partial charge in [0.05, 0.1) is 12.3 Å². The number of fused-ring (bicyclic) bond motifs is 1. The van der Waals surface area contributed by atoms with Gasteiger partial charge in [-0.05, 0) is 35.0 Å². The molecule has 0 aromatic heterocycles. The van der Waals surface area contributed by atoms with E-state index in [1.165, 1.54) is 0 Å². The molecule has 2 aromatic rings. The molecule has 124 valence electrons. The van der Waals surface area contributed by atoms with Crippen LogP contribution >= 0.6 is 0 Å². The van der Waals surface area contributed by atoms with E-state index in [0.29, 0.717) is 24.5 Å². The van der Waals surface area contributed by atoms with E-state index in [2.05, 4.69) is 0 Å². The Balaban J connectivity index is 0.00000156. The van der Waals surface area contributed by atoms with Gasteiger partial charge >= 0.3 is 61.6 Å². The summed E-state index contributed by atoms with van der Waals surface area (Å²) in [4.78, 5) is 11.3. The van der Waals surface area contributed by atoms with E-state index in [1.807, 2.05) is 16.9 Å². The molecule has 2 N–H and O–H groups in total. The van der Waals surface area contributed by atoms with Crippen molar-refractivity contribution in [2.75, 3.05) is 24.1 Å². The molecular weight excluding hydrogens is 359 g/mol. The van der Waals surface area contributed by atoms with Gasteiger partial charge in [0.25, 0.3) is 5.91 Å². The van der Waals surface area contributed by atoms with E-state index in [4.69, 9.17) is 9.84 Å². The van der Waals surface area contributed by atoms with Crippen molar-refractivity contribution < 1.29 is 75.9 Å². The zero-order chi connectivity index (χ0) is 16.4. The fraction of sp³-hybridized carbons (Fsp3) is 0.267. The third-order valence-corrected chi connectivity index (χ3v) is 4.88. The minimum atomic E-state index is -3.81. The van der Waals surface area contributed by atoms with E-state index in [9.17, 15) is 13.2 Å². The van der Waals surface area contributed by atoms with Crippen molar-refractivity contribution in [2.24, 2.45) is 0 Å². The summed E-state index contributed by atoms with van der Waals surface area (Å²) < 4.78 is 32.3. The van der Waals surface area contributed by atoms with Gasteiger partial charge in [0.2, 0.25) is 0 Å². The van der Waals surface area contributed by atoms with Crippen LogP contribution in [0.5, 0.6) is 5.75 Å². The number of ether oxygens (including phenoxy) is 1. The minimum Gasteiger partial charge on any atom is -1.00 e. The Morgan fingerprint density at radius 3 is 2.62 bits per heavy atom. The van der Waals surface area contributed by atoms with Crippen molar-refractivity contribution in [3.63, 3.8) is 0 Å². The molecule has 0 spiro atoms. The first-order valence-electron chi connectivity index (χ1n) is 7.10. The number of carbonyl (C=O) groups is 1. The van der Waals surface area contributed by atoms with Crippen molar-refractivity contribution >= 4 is 32.6 Å². The Labute approximate surface area is 184 Å². The molecule has 3 rings (SSSR count). The van der Waals surface area contributed by atoms with E-state index >= 15 is 0 Å². The van der Waals surface area contributed by atoms with Crippen LogP contribution in [0.4, 0.5) is 5.69 Å². The molecule has 1 aliphatic rings. The van der Waals surface area contributed by atoms with Crippen LogP contribution in [-0.4, -0.2) is 39.2 Å². The molecule has 0 radical (unpaired) electrons. The number of benzene rings is 2. The SMILES string of the molecule is O=C1CN(c2ccc3ccc(OCCCO)cc3c2)S(=O)(=O)N1.[H-].[K+]. The average molecular weight is 376 g/mol. The molecular formula is C15H17KN2O5S. The van der Waals surface area contributed by atoms with Gasteiger partial charge in [-0.3, -0.25) is 4.79 Å². The zero-order valence-corrected chi connectivity index (χ0v) is 17.2. The molecule has 0 bridgehead atoms. The molecule has 2 aromatic carbocycles. The standard InChI is InChI=1S/C15H16N2O5S.K.H/c18-6-1-7-22-14-5-3-11-2-4-13(8-12(11)9-14)17-10-15(19)16-23(17,20)21;;/h2-5,8-9,18H,1,6-7,10H2,(H,16,19);;/q;+1;-1. The van der Waals surface area contributed by atoms with E-state index < -0.39 is 16.1 Å². The topological polar surface area (TPSA) is 95.9 Å².